The molecule has 5 heteroatoms. The Morgan fingerprint density at radius 1 is 1.08 bits per heavy atom. The van der Waals surface area contributed by atoms with Gasteiger partial charge < -0.3 is 5.32 Å². The molecule has 3 aliphatic carbocycles. The van der Waals surface area contributed by atoms with Crippen LogP contribution in [0.1, 0.15) is 30.0 Å². The summed E-state index contributed by atoms with van der Waals surface area (Å²) in [6, 6.07) is 8.08. The lowest BCUT2D eigenvalue weighted by atomic mass is 9.85. The van der Waals surface area contributed by atoms with Crippen LogP contribution in [0.3, 0.4) is 0 Å². The first kappa shape index (κ1) is 14.9. The van der Waals surface area contributed by atoms with Crippen LogP contribution in [0.15, 0.2) is 36.4 Å². The molecule has 128 valence electrons. The molecule has 5 atom stereocenters. The summed E-state index contributed by atoms with van der Waals surface area (Å²) in [5.74, 6) is -0.668. The summed E-state index contributed by atoms with van der Waals surface area (Å²) < 4.78 is 0. The largest absolute Gasteiger partial charge is 0.348 e. The van der Waals surface area contributed by atoms with E-state index in [1.54, 1.807) is 0 Å². The van der Waals surface area contributed by atoms with Crippen LogP contribution in [0, 0.1) is 23.7 Å². The number of fused-ring (bicyclic) bond motifs is 6. The van der Waals surface area contributed by atoms with Gasteiger partial charge in [-0.15, -0.1) is 0 Å². The van der Waals surface area contributed by atoms with Gasteiger partial charge in [-0.25, -0.2) is 0 Å². The Morgan fingerprint density at radius 2 is 1.76 bits per heavy atom. The monoisotopic (exact) mass is 336 g/mol. The number of carbonyl (C=O) groups is 3. The fraction of sp³-hybridized carbons (Fsp3) is 0.450. The number of aryl methyl sites for hydroxylation is 1. The van der Waals surface area contributed by atoms with Crippen molar-refractivity contribution in [2.75, 3.05) is 6.54 Å². The number of imide groups is 1. The zero-order valence-electron chi connectivity index (χ0n) is 13.9. The normalized spacial score (nSPS) is 34.6. The Morgan fingerprint density at radius 3 is 2.48 bits per heavy atom. The molecule has 5 nitrogen and oxygen atoms in total. The van der Waals surface area contributed by atoms with E-state index in [0.717, 1.165) is 24.8 Å². The number of nitrogens with zero attached hydrogens (tertiary/aromatic N) is 1. The molecule has 0 spiro atoms. The van der Waals surface area contributed by atoms with Crippen molar-refractivity contribution in [1.82, 2.24) is 10.2 Å². The third-order valence-corrected chi connectivity index (χ3v) is 6.33. The second-order valence-electron chi connectivity index (χ2n) is 7.62. The molecule has 2 fully saturated rings. The van der Waals surface area contributed by atoms with E-state index >= 15 is 0 Å². The van der Waals surface area contributed by atoms with E-state index in [2.05, 4.69) is 23.5 Å². The summed E-state index contributed by atoms with van der Waals surface area (Å²) in [5, 5.41) is 3.01. The number of hydrogen-bond acceptors (Lipinski definition) is 3. The van der Waals surface area contributed by atoms with Gasteiger partial charge in [-0.3, -0.25) is 19.3 Å². The van der Waals surface area contributed by atoms with Crippen molar-refractivity contribution in [1.29, 1.82) is 0 Å². The van der Waals surface area contributed by atoms with Gasteiger partial charge in [-0.05, 0) is 42.2 Å². The van der Waals surface area contributed by atoms with Crippen LogP contribution in [0.5, 0.6) is 0 Å². The van der Waals surface area contributed by atoms with Crippen molar-refractivity contribution in [2.45, 2.75) is 25.3 Å². The third kappa shape index (κ3) is 2.11. The maximum atomic E-state index is 12.6. The molecule has 1 aromatic rings. The zero-order valence-corrected chi connectivity index (χ0v) is 13.9. The molecule has 5 unspecified atom stereocenters. The Labute approximate surface area is 146 Å². The molecule has 1 N–H and O–H groups in total. The number of benzene rings is 1. The third-order valence-electron chi connectivity index (χ3n) is 6.33. The predicted molar refractivity (Wildman–Crippen MR) is 90.1 cm³/mol. The fourth-order valence-corrected chi connectivity index (χ4v) is 5.21. The van der Waals surface area contributed by atoms with Crippen molar-refractivity contribution in [3.63, 3.8) is 0 Å². The van der Waals surface area contributed by atoms with Gasteiger partial charge in [0.05, 0.1) is 17.9 Å². The standard InChI is InChI=1S/C20H20N2O3/c23-16(21-15-8-7-11-3-1-2-4-14(11)15)10-22-19(24)17-12-5-6-13(9-12)18(17)20(22)25/h1-6,12-13,15,17-18H,7-10H2,(H,21,23). The van der Waals surface area contributed by atoms with E-state index in [9.17, 15) is 14.4 Å². The molecular formula is C20H20N2O3. The van der Waals surface area contributed by atoms with Crippen LogP contribution < -0.4 is 5.32 Å². The maximum absolute atomic E-state index is 12.6. The van der Waals surface area contributed by atoms with Gasteiger partial charge in [-0.2, -0.15) is 0 Å². The molecule has 0 aromatic heterocycles. The van der Waals surface area contributed by atoms with Crippen molar-refractivity contribution < 1.29 is 14.4 Å². The van der Waals surface area contributed by atoms with Crippen molar-refractivity contribution >= 4 is 17.7 Å². The van der Waals surface area contributed by atoms with E-state index in [-0.39, 0.29) is 54.0 Å². The van der Waals surface area contributed by atoms with Crippen LogP contribution in [0.25, 0.3) is 0 Å². The molecule has 1 aromatic carbocycles. The van der Waals surface area contributed by atoms with Gasteiger partial charge in [0.15, 0.2) is 0 Å². The minimum atomic E-state index is -0.247. The molecule has 4 aliphatic rings. The lowest BCUT2D eigenvalue weighted by molar-refractivity contribution is -0.144. The first-order valence-electron chi connectivity index (χ1n) is 9.04. The van der Waals surface area contributed by atoms with Crippen LogP contribution in [-0.2, 0) is 20.8 Å². The first-order chi connectivity index (χ1) is 12.1. The average Bonchev–Trinajstić information content (AvgIpc) is 3.36. The van der Waals surface area contributed by atoms with Gasteiger partial charge >= 0.3 is 0 Å². The summed E-state index contributed by atoms with van der Waals surface area (Å²) in [6.07, 6.45) is 6.85. The number of amides is 3. The molecule has 5 rings (SSSR count). The molecule has 1 saturated heterocycles. The van der Waals surface area contributed by atoms with Gasteiger partial charge in [0.2, 0.25) is 17.7 Å². The van der Waals surface area contributed by atoms with Crippen molar-refractivity contribution in [2.24, 2.45) is 23.7 Å². The van der Waals surface area contributed by atoms with Crippen molar-refractivity contribution in [3.8, 4) is 0 Å². The summed E-state index contributed by atoms with van der Waals surface area (Å²) in [7, 11) is 0. The van der Waals surface area contributed by atoms with E-state index in [1.807, 2.05) is 18.2 Å². The minimum Gasteiger partial charge on any atom is -0.348 e. The summed E-state index contributed by atoms with van der Waals surface area (Å²) >= 11 is 0. The smallest absolute Gasteiger partial charge is 0.240 e. The Hall–Kier alpha value is -2.43. The number of allylic oxidation sites excluding steroid dienone is 2. The van der Waals surface area contributed by atoms with Gasteiger partial charge in [0.25, 0.3) is 0 Å². The van der Waals surface area contributed by atoms with E-state index < -0.39 is 0 Å². The summed E-state index contributed by atoms with van der Waals surface area (Å²) in [6.45, 7) is -0.150. The molecule has 25 heavy (non-hydrogen) atoms. The molecule has 1 aliphatic heterocycles. The topological polar surface area (TPSA) is 66.5 Å². The van der Waals surface area contributed by atoms with E-state index in [1.165, 1.54) is 10.5 Å². The molecular weight excluding hydrogens is 316 g/mol. The maximum Gasteiger partial charge on any atom is 0.240 e. The highest BCUT2D eigenvalue weighted by atomic mass is 16.2. The second-order valence-corrected chi connectivity index (χ2v) is 7.62. The average molecular weight is 336 g/mol. The highest BCUT2D eigenvalue weighted by molar-refractivity contribution is 6.08. The SMILES string of the molecule is O=C(CN1C(=O)C2C3C=CC(C3)C2C1=O)NC1CCc2ccccc21. The summed E-state index contributed by atoms with van der Waals surface area (Å²) in [5.41, 5.74) is 2.41. The van der Waals surface area contributed by atoms with Crippen molar-refractivity contribution in [3.05, 3.63) is 47.5 Å². The fourth-order valence-electron chi connectivity index (χ4n) is 5.21. The lowest BCUT2D eigenvalue weighted by Gasteiger charge is -2.19. The lowest BCUT2D eigenvalue weighted by Crippen LogP contribution is -2.42. The zero-order chi connectivity index (χ0) is 17.1. The summed E-state index contributed by atoms with van der Waals surface area (Å²) in [4.78, 5) is 39.0. The number of hydrogen-bond donors (Lipinski definition) is 1. The second kappa shape index (κ2) is 5.28. The van der Waals surface area contributed by atoms with Gasteiger partial charge in [0.1, 0.15) is 6.54 Å². The number of nitrogens with one attached hydrogen (secondary N) is 1. The van der Waals surface area contributed by atoms with E-state index in [4.69, 9.17) is 0 Å². The molecule has 0 radical (unpaired) electrons. The minimum absolute atomic E-state index is 0.0196. The number of rotatable bonds is 3. The van der Waals surface area contributed by atoms with Crippen LogP contribution in [-0.4, -0.2) is 29.2 Å². The quantitative estimate of drug-likeness (QED) is 0.673. The molecule has 1 heterocycles. The van der Waals surface area contributed by atoms with Crippen LogP contribution in [0.4, 0.5) is 0 Å². The van der Waals surface area contributed by atoms with Gasteiger partial charge in [-0.1, -0.05) is 36.4 Å². The number of carbonyl (C=O) groups excluding carboxylic acids is 3. The molecule has 3 amide bonds. The van der Waals surface area contributed by atoms with E-state index in [0.29, 0.717) is 0 Å². The number of likely N-dealkylation sites (tertiary alicyclic amines) is 1. The predicted octanol–water partition coefficient (Wildman–Crippen LogP) is 1.60. The van der Waals surface area contributed by atoms with Crippen LogP contribution >= 0.6 is 0 Å². The molecule has 1 saturated carbocycles. The van der Waals surface area contributed by atoms with Gasteiger partial charge in [0, 0.05) is 0 Å². The Balaban J connectivity index is 1.28. The highest BCUT2D eigenvalue weighted by Crippen LogP contribution is 2.52. The Bertz CT molecular complexity index is 785. The Kier molecular flexibility index (Phi) is 3.14. The molecule has 2 bridgehead atoms. The van der Waals surface area contributed by atoms with Crippen LogP contribution in [0.2, 0.25) is 0 Å². The highest BCUT2D eigenvalue weighted by Gasteiger charge is 2.59. The first-order valence-corrected chi connectivity index (χ1v) is 9.04.